The van der Waals surface area contributed by atoms with Crippen LogP contribution >= 0.6 is 0 Å². The highest BCUT2D eigenvalue weighted by Gasteiger charge is 2.34. The number of nitriles is 1. The lowest BCUT2D eigenvalue weighted by molar-refractivity contribution is 0.120. The summed E-state index contributed by atoms with van der Waals surface area (Å²) in [5, 5.41) is 15.4. The number of urea groups is 1. The minimum absolute atomic E-state index is 0.0810. The summed E-state index contributed by atoms with van der Waals surface area (Å²) in [5.41, 5.74) is 2.10. The predicted molar refractivity (Wildman–Crippen MR) is 127 cm³/mol. The maximum absolute atomic E-state index is 13.5. The number of nitrogens with zero attached hydrogens (tertiary/aromatic N) is 4. The van der Waals surface area contributed by atoms with E-state index in [9.17, 15) is 14.4 Å². The highest BCUT2D eigenvalue weighted by atomic mass is 19.1. The molecule has 0 saturated carbocycles. The van der Waals surface area contributed by atoms with Crippen molar-refractivity contribution in [1.29, 1.82) is 5.26 Å². The Morgan fingerprint density at radius 1 is 1.24 bits per heavy atom. The van der Waals surface area contributed by atoms with E-state index in [1.807, 2.05) is 36.2 Å². The second kappa shape index (κ2) is 10.7. The van der Waals surface area contributed by atoms with Crippen LogP contribution in [0.25, 0.3) is 0 Å². The first-order valence-electron chi connectivity index (χ1n) is 10.8. The summed E-state index contributed by atoms with van der Waals surface area (Å²) in [7, 11) is 1.61. The molecule has 0 bridgehead atoms. The summed E-state index contributed by atoms with van der Waals surface area (Å²) in [6.07, 6.45) is 1.89. The number of rotatable bonds is 4. The van der Waals surface area contributed by atoms with Crippen molar-refractivity contribution in [1.82, 2.24) is 9.80 Å². The first-order chi connectivity index (χ1) is 15.8. The van der Waals surface area contributed by atoms with Crippen LogP contribution < -0.4 is 15.4 Å². The van der Waals surface area contributed by atoms with Crippen molar-refractivity contribution in [3.8, 4) is 11.9 Å². The zero-order valence-electron chi connectivity index (χ0n) is 19.3. The van der Waals surface area contributed by atoms with Gasteiger partial charge < -0.3 is 25.2 Å². The summed E-state index contributed by atoms with van der Waals surface area (Å²) < 4.78 is 18.9. The number of benzene rings is 2. The molecule has 2 amide bonds. The van der Waals surface area contributed by atoms with Crippen molar-refractivity contribution in [2.45, 2.75) is 26.8 Å². The Labute approximate surface area is 193 Å². The van der Waals surface area contributed by atoms with Crippen LogP contribution in [0.4, 0.5) is 20.6 Å². The van der Waals surface area contributed by atoms with Crippen LogP contribution in [-0.2, 0) is 0 Å². The molecule has 2 aromatic carbocycles. The molecule has 8 nitrogen and oxygen atoms in total. The number of amides is 2. The van der Waals surface area contributed by atoms with Gasteiger partial charge in [-0.1, -0.05) is 26.0 Å². The number of halogens is 1. The first-order valence-corrected chi connectivity index (χ1v) is 10.8. The molecule has 2 aromatic rings. The minimum atomic E-state index is -0.408. The largest absolute Gasteiger partial charge is 0.496 e. The van der Waals surface area contributed by atoms with Crippen LogP contribution in [0.2, 0.25) is 0 Å². The van der Waals surface area contributed by atoms with Crippen LogP contribution in [0.15, 0.2) is 47.5 Å². The summed E-state index contributed by atoms with van der Waals surface area (Å²) in [4.78, 5) is 20.6. The van der Waals surface area contributed by atoms with E-state index in [1.165, 1.54) is 12.1 Å². The average Bonchev–Trinajstić information content (AvgIpc) is 2.79. The Kier molecular flexibility index (Phi) is 7.72. The number of piperazine rings is 1. The van der Waals surface area contributed by atoms with Gasteiger partial charge in [0.05, 0.1) is 13.2 Å². The molecule has 0 radical (unpaired) electrons. The van der Waals surface area contributed by atoms with Gasteiger partial charge in [-0.2, -0.15) is 5.26 Å². The van der Waals surface area contributed by atoms with Gasteiger partial charge in [-0.05, 0) is 43.2 Å². The second-order valence-electron chi connectivity index (χ2n) is 8.18. The van der Waals surface area contributed by atoms with Gasteiger partial charge in [-0.15, -0.1) is 4.99 Å². The maximum Gasteiger partial charge on any atom is 0.321 e. The molecule has 3 rings (SSSR count). The third-order valence-corrected chi connectivity index (χ3v) is 5.73. The number of hydrogen-bond acceptors (Lipinski definition) is 4. The topological polar surface area (TPSA) is 93.0 Å². The van der Waals surface area contributed by atoms with E-state index in [4.69, 9.17) is 4.74 Å². The molecule has 0 spiro atoms. The number of guanidine groups is 1. The van der Waals surface area contributed by atoms with Crippen LogP contribution in [0, 0.1) is 30.1 Å². The lowest BCUT2D eigenvalue weighted by Crippen LogP contribution is -2.60. The molecular formula is C24H29FN6O2. The summed E-state index contributed by atoms with van der Waals surface area (Å²) in [6.45, 7) is 7.39. The van der Waals surface area contributed by atoms with Gasteiger partial charge in [0.15, 0.2) is 0 Å². The number of hydrogen-bond donors (Lipinski definition) is 2. The molecular weight excluding hydrogens is 423 g/mol. The predicted octanol–water partition coefficient (Wildman–Crippen LogP) is 4.27. The van der Waals surface area contributed by atoms with Crippen molar-refractivity contribution < 1.29 is 13.9 Å². The number of carbonyl (C=O) groups is 1. The Hall–Kier alpha value is -3.80. The number of nitrogens with one attached hydrogen (secondary N) is 2. The van der Waals surface area contributed by atoms with Gasteiger partial charge in [0, 0.05) is 36.6 Å². The van der Waals surface area contributed by atoms with E-state index in [0.717, 1.165) is 17.0 Å². The van der Waals surface area contributed by atoms with E-state index in [-0.39, 0.29) is 18.0 Å². The van der Waals surface area contributed by atoms with E-state index >= 15 is 0 Å². The van der Waals surface area contributed by atoms with Gasteiger partial charge in [0.25, 0.3) is 0 Å². The zero-order chi connectivity index (χ0) is 24.0. The van der Waals surface area contributed by atoms with Crippen LogP contribution in [0.3, 0.4) is 0 Å². The van der Waals surface area contributed by atoms with E-state index in [2.05, 4.69) is 29.5 Å². The second-order valence-corrected chi connectivity index (χ2v) is 8.18. The fourth-order valence-corrected chi connectivity index (χ4v) is 3.90. The summed E-state index contributed by atoms with van der Waals surface area (Å²) in [5.74, 6) is 0.925. The molecule has 1 unspecified atom stereocenters. The summed E-state index contributed by atoms with van der Waals surface area (Å²) in [6, 6.07) is 11.1. The van der Waals surface area contributed by atoms with E-state index in [0.29, 0.717) is 31.3 Å². The fourth-order valence-electron chi connectivity index (χ4n) is 3.90. The molecule has 1 aliphatic rings. The third-order valence-electron chi connectivity index (χ3n) is 5.73. The molecule has 174 valence electrons. The molecule has 9 heteroatoms. The van der Waals surface area contributed by atoms with Crippen LogP contribution in [0.1, 0.15) is 19.4 Å². The highest BCUT2D eigenvalue weighted by Crippen LogP contribution is 2.26. The van der Waals surface area contributed by atoms with Gasteiger partial charge in [0.1, 0.15) is 11.6 Å². The monoisotopic (exact) mass is 452 g/mol. The molecule has 0 aliphatic carbocycles. The standard InChI is InChI=1S/C24H29FN6O2/c1-16(2)21-14-30(24(32)28-19-8-5-7-18(25)13-19)11-12-31(21)23(27-15-26)29-20-9-6-10-22(33-4)17(20)3/h5-10,13,16,21H,11-12,14H2,1-4H3,(H,27,29)(H,28,32). The molecule has 1 atom stereocenters. The quantitative estimate of drug-likeness (QED) is 0.411. The number of methoxy groups -OCH3 is 1. The van der Waals surface area contributed by atoms with Gasteiger partial charge in [-0.25, -0.2) is 9.18 Å². The smallest absolute Gasteiger partial charge is 0.321 e. The molecule has 1 saturated heterocycles. The highest BCUT2D eigenvalue weighted by molar-refractivity contribution is 5.96. The van der Waals surface area contributed by atoms with Crippen molar-refractivity contribution in [2.75, 3.05) is 37.4 Å². The molecule has 1 fully saturated rings. The number of anilines is 2. The van der Waals surface area contributed by atoms with E-state index < -0.39 is 5.82 Å². The molecule has 0 aromatic heterocycles. The van der Waals surface area contributed by atoms with Crippen molar-refractivity contribution in [2.24, 2.45) is 10.9 Å². The zero-order valence-corrected chi connectivity index (χ0v) is 19.3. The Balaban J connectivity index is 1.78. The average molecular weight is 453 g/mol. The molecule has 1 heterocycles. The summed E-state index contributed by atoms with van der Waals surface area (Å²) >= 11 is 0. The number of aliphatic imine (C=N–C) groups is 1. The lowest BCUT2D eigenvalue weighted by Gasteiger charge is -2.44. The SMILES string of the molecule is COc1cccc(N/C(=N/C#N)N2CCN(C(=O)Nc3cccc(F)c3)CC2C(C)C)c1C. The fraction of sp³-hybridized carbons (Fsp3) is 0.375. The number of carbonyl (C=O) groups excluding carboxylic acids is 1. The van der Waals surface area contributed by atoms with Crippen molar-refractivity contribution in [3.05, 3.63) is 53.8 Å². The molecule has 1 aliphatic heterocycles. The van der Waals surface area contributed by atoms with Gasteiger partial charge in [0.2, 0.25) is 12.2 Å². The van der Waals surface area contributed by atoms with Crippen molar-refractivity contribution in [3.63, 3.8) is 0 Å². The lowest BCUT2D eigenvalue weighted by atomic mass is 10.00. The maximum atomic E-state index is 13.5. The number of ether oxygens (including phenoxy) is 1. The van der Waals surface area contributed by atoms with E-state index in [1.54, 1.807) is 24.1 Å². The Bertz CT molecular complexity index is 1070. The van der Waals surface area contributed by atoms with Gasteiger partial charge >= 0.3 is 6.03 Å². The normalized spacial score (nSPS) is 16.4. The Morgan fingerprint density at radius 3 is 2.67 bits per heavy atom. The van der Waals surface area contributed by atoms with Crippen molar-refractivity contribution >= 4 is 23.4 Å². The molecule has 33 heavy (non-hydrogen) atoms. The minimum Gasteiger partial charge on any atom is -0.496 e. The first kappa shape index (κ1) is 23.9. The van der Waals surface area contributed by atoms with Gasteiger partial charge in [-0.3, -0.25) is 0 Å². The van der Waals surface area contributed by atoms with Crippen LogP contribution in [-0.4, -0.2) is 54.6 Å². The third kappa shape index (κ3) is 5.71. The Morgan fingerprint density at radius 2 is 2.00 bits per heavy atom. The molecule has 2 N–H and O–H groups in total. The van der Waals surface area contributed by atoms with Crippen LogP contribution in [0.5, 0.6) is 5.75 Å².